The zero-order valence-corrected chi connectivity index (χ0v) is 17.9. The van der Waals surface area contributed by atoms with Crippen LogP contribution in [0.3, 0.4) is 0 Å². The largest absolute Gasteiger partial charge is 0.497 e. The van der Waals surface area contributed by atoms with E-state index in [4.69, 9.17) is 9.47 Å². The van der Waals surface area contributed by atoms with Crippen LogP contribution in [-0.4, -0.2) is 48.9 Å². The number of ether oxygens (including phenoxy) is 2. The summed E-state index contributed by atoms with van der Waals surface area (Å²) in [5.74, 6) is 0.635. The third kappa shape index (κ3) is 6.57. The zero-order chi connectivity index (χ0) is 22.2. The molecule has 2 amide bonds. The second kappa shape index (κ2) is 10.6. The van der Waals surface area contributed by atoms with Crippen molar-refractivity contribution in [1.82, 2.24) is 10.2 Å². The molecule has 2 aromatic rings. The Hall–Kier alpha value is -3.35. The second-order valence-corrected chi connectivity index (χ2v) is 7.61. The smallest absolute Gasteiger partial charge is 0.308 e. The minimum Gasteiger partial charge on any atom is -0.497 e. The van der Waals surface area contributed by atoms with Crippen LogP contribution in [0, 0.1) is 0 Å². The van der Waals surface area contributed by atoms with E-state index in [2.05, 4.69) is 5.32 Å². The Morgan fingerprint density at radius 1 is 1.03 bits per heavy atom. The number of carbonyl (C=O) groups is 3. The minimum atomic E-state index is -0.424. The van der Waals surface area contributed by atoms with Gasteiger partial charge in [-0.05, 0) is 55.2 Å². The number of benzene rings is 2. The molecular weight excluding hydrogens is 396 g/mol. The maximum atomic E-state index is 12.8. The van der Waals surface area contributed by atoms with Gasteiger partial charge in [-0.2, -0.15) is 0 Å². The highest BCUT2D eigenvalue weighted by atomic mass is 16.5. The van der Waals surface area contributed by atoms with Gasteiger partial charge in [-0.3, -0.25) is 14.4 Å². The predicted molar refractivity (Wildman–Crippen MR) is 116 cm³/mol. The molecule has 0 bridgehead atoms. The van der Waals surface area contributed by atoms with Crippen LogP contribution in [-0.2, 0) is 16.0 Å². The summed E-state index contributed by atoms with van der Waals surface area (Å²) in [5, 5.41) is 3.08. The van der Waals surface area contributed by atoms with Gasteiger partial charge in [0.15, 0.2) is 0 Å². The lowest BCUT2D eigenvalue weighted by atomic mass is 10.0. The molecule has 1 saturated heterocycles. The number of hydrogen-bond acceptors (Lipinski definition) is 5. The van der Waals surface area contributed by atoms with E-state index in [1.54, 1.807) is 36.3 Å². The molecule has 7 heteroatoms. The second-order valence-electron chi connectivity index (χ2n) is 7.61. The molecule has 31 heavy (non-hydrogen) atoms. The van der Waals surface area contributed by atoms with E-state index in [9.17, 15) is 14.4 Å². The number of esters is 1. The molecule has 7 nitrogen and oxygen atoms in total. The molecule has 164 valence electrons. The summed E-state index contributed by atoms with van der Waals surface area (Å²) in [5.41, 5.74) is 1.55. The number of nitrogens with one attached hydrogen (secondary N) is 1. The van der Waals surface area contributed by atoms with Crippen LogP contribution in [0.5, 0.6) is 11.5 Å². The van der Waals surface area contributed by atoms with E-state index < -0.39 is 5.97 Å². The molecule has 0 radical (unpaired) electrons. The maximum absolute atomic E-state index is 12.8. The number of rotatable bonds is 7. The van der Waals surface area contributed by atoms with E-state index in [1.807, 2.05) is 24.3 Å². The van der Waals surface area contributed by atoms with E-state index in [0.29, 0.717) is 50.1 Å². The van der Waals surface area contributed by atoms with Crippen molar-refractivity contribution in [1.29, 1.82) is 0 Å². The van der Waals surface area contributed by atoms with Crippen molar-refractivity contribution in [2.45, 2.75) is 38.6 Å². The first-order valence-electron chi connectivity index (χ1n) is 10.4. The number of nitrogens with zero attached hydrogens (tertiary/aromatic N) is 1. The molecule has 0 atom stereocenters. The Morgan fingerprint density at radius 3 is 2.45 bits per heavy atom. The average Bonchev–Trinajstić information content (AvgIpc) is 2.77. The van der Waals surface area contributed by atoms with Crippen molar-refractivity contribution in [3.05, 3.63) is 59.7 Å². The fraction of sp³-hybridized carbons (Fsp3) is 0.375. The Labute approximate surface area is 182 Å². The molecule has 0 aromatic heterocycles. The van der Waals surface area contributed by atoms with E-state index in [-0.39, 0.29) is 17.9 Å². The third-order valence-corrected chi connectivity index (χ3v) is 5.26. The SMILES string of the molecule is COc1cccc(CCC(=O)NC2CCN(C(=O)c3cccc(OC(C)=O)c3)CC2)c1. The zero-order valence-electron chi connectivity index (χ0n) is 17.9. The molecule has 1 heterocycles. The van der Waals surface area contributed by atoms with Crippen molar-refractivity contribution >= 4 is 17.8 Å². The molecule has 0 aliphatic carbocycles. The van der Waals surface area contributed by atoms with E-state index in [0.717, 1.165) is 11.3 Å². The number of carbonyl (C=O) groups excluding carboxylic acids is 3. The molecule has 2 aromatic carbocycles. The third-order valence-electron chi connectivity index (χ3n) is 5.26. The van der Waals surface area contributed by atoms with Gasteiger partial charge in [-0.15, -0.1) is 0 Å². The standard InChI is InChI=1S/C24H28N2O5/c1-17(27)31-22-8-4-6-19(16-22)24(29)26-13-11-20(12-14-26)25-23(28)10-9-18-5-3-7-21(15-18)30-2/h3-8,15-16,20H,9-14H2,1-2H3,(H,25,28). The molecule has 1 N–H and O–H groups in total. The van der Waals surface area contributed by atoms with Crippen molar-refractivity contribution in [2.24, 2.45) is 0 Å². The number of likely N-dealkylation sites (tertiary alicyclic amines) is 1. The van der Waals surface area contributed by atoms with Crippen molar-refractivity contribution in [3.8, 4) is 11.5 Å². The number of hydrogen-bond donors (Lipinski definition) is 1. The lowest BCUT2D eigenvalue weighted by molar-refractivity contribution is -0.131. The first kappa shape index (κ1) is 22.3. The highest BCUT2D eigenvalue weighted by Gasteiger charge is 2.24. The molecular formula is C24H28N2O5. The summed E-state index contributed by atoms with van der Waals surface area (Å²) in [7, 11) is 1.62. The molecule has 1 aliphatic rings. The highest BCUT2D eigenvalue weighted by Crippen LogP contribution is 2.19. The van der Waals surface area contributed by atoms with Gasteiger partial charge >= 0.3 is 5.97 Å². The van der Waals surface area contributed by atoms with Crippen molar-refractivity contribution in [3.63, 3.8) is 0 Å². The molecule has 0 saturated carbocycles. The van der Waals surface area contributed by atoms with Gasteiger partial charge in [0, 0.05) is 38.0 Å². The lowest BCUT2D eigenvalue weighted by Gasteiger charge is -2.32. The first-order valence-corrected chi connectivity index (χ1v) is 10.4. The number of piperidine rings is 1. The molecule has 1 aliphatic heterocycles. The Balaban J connectivity index is 1.45. The van der Waals surface area contributed by atoms with E-state index in [1.165, 1.54) is 6.92 Å². The van der Waals surface area contributed by atoms with Crippen LogP contribution >= 0.6 is 0 Å². The van der Waals surface area contributed by atoms with E-state index >= 15 is 0 Å². The normalized spacial score (nSPS) is 14.1. The molecule has 1 fully saturated rings. The van der Waals surface area contributed by atoms with Gasteiger partial charge in [0.25, 0.3) is 5.91 Å². The lowest BCUT2D eigenvalue weighted by Crippen LogP contribution is -2.46. The predicted octanol–water partition coefficient (Wildman–Crippen LogP) is 2.97. The number of methoxy groups -OCH3 is 1. The van der Waals surface area contributed by atoms with Crippen LogP contribution < -0.4 is 14.8 Å². The number of amides is 2. The summed E-state index contributed by atoms with van der Waals surface area (Å²) in [6.07, 6.45) is 2.48. The van der Waals surface area contributed by atoms with Gasteiger partial charge in [-0.25, -0.2) is 0 Å². The van der Waals surface area contributed by atoms with Crippen molar-refractivity contribution < 1.29 is 23.9 Å². The fourth-order valence-electron chi connectivity index (χ4n) is 3.65. The van der Waals surface area contributed by atoms with Crippen LogP contribution in [0.15, 0.2) is 48.5 Å². The average molecular weight is 424 g/mol. The molecule has 3 rings (SSSR count). The Bertz CT molecular complexity index is 935. The van der Waals surface area contributed by atoms with Gasteiger partial charge < -0.3 is 19.7 Å². The van der Waals surface area contributed by atoms with Crippen molar-refractivity contribution in [2.75, 3.05) is 20.2 Å². The van der Waals surface area contributed by atoms with Gasteiger partial charge in [-0.1, -0.05) is 18.2 Å². The fourth-order valence-corrected chi connectivity index (χ4v) is 3.65. The molecule has 0 unspecified atom stereocenters. The summed E-state index contributed by atoms with van der Waals surface area (Å²) in [6, 6.07) is 14.4. The summed E-state index contributed by atoms with van der Waals surface area (Å²) < 4.78 is 10.3. The summed E-state index contributed by atoms with van der Waals surface area (Å²) >= 11 is 0. The number of aryl methyl sites for hydroxylation is 1. The monoisotopic (exact) mass is 424 g/mol. The van der Waals surface area contributed by atoms with Gasteiger partial charge in [0.1, 0.15) is 11.5 Å². The van der Waals surface area contributed by atoms with Crippen LogP contribution in [0.4, 0.5) is 0 Å². The first-order chi connectivity index (χ1) is 14.9. The topological polar surface area (TPSA) is 84.9 Å². The Kier molecular flexibility index (Phi) is 7.65. The van der Waals surface area contributed by atoms with Crippen LogP contribution in [0.25, 0.3) is 0 Å². The Morgan fingerprint density at radius 2 is 1.74 bits per heavy atom. The highest BCUT2D eigenvalue weighted by molar-refractivity contribution is 5.94. The van der Waals surface area contributed by atoms with Gasteiger partial charge in [0.2, 0.25) is 5.91 Å². The summed E-state index contributed by atoms with van der Waals surface area (Å²) in [4.78, 5) is 38.0. The molecule has 0 spiro atoms. The van der Waals surface area contributed by atoms with Crippen LogP contribution in [0.1, 0.15) is 42.1 Å². The quantitative estimate of drug-likeness (QED) is 0.546. The maximum Gasteiger partial charge on any atom is 0.308 e. The summed E-state index contributed by atoms with van der Waals surface area (Å²) in [6.45, 7) is 2.46. The van der Waals surface area contributed by atoms with Crippen LogP contribution in [0.2, 0.25) is 0 Å². The van der Waals surface area contributed by atoms with Gasteiger partial charge in [0.05, 0.1) is 7.11 Å². The minimum absolute atomic E-state index is 0.0154.